The van der Waals surface area contributed by atoms with Crippen molar-refractivity contribution in [1.82, 2.24) is 0 Å². The molecule has 19 heavy (non-hydrogen) atoms. The zero-order chi connectivity index (χ0) is 14.8. The van der Waals surface area contributed by atoms with Crippen LogP contribution in [-0.4, -0.2) is 17.4 Å². The number of hydrogen-bond acceptors (Lipinski definition) is 3. The first-order valence-electron chi connectivity index (χ1n) is 5.89. The van der Waals surface area contributed by atoms with Gasteiger partial charge >= 0.3 is 0 Å². The van der Waals surface area contributed by atoms with Crippen molar-refractivity contribution >= 4 is 17.5 Å². The van der Waals surface area contributed by atoms with Crippen LogP contribution < -0.4 is 16.8 Å². The Morgan fingerprint density at radius 2 is 2.00 bits per heavy atom. The lowest BCUT2D eigenvalue weighted by atomic mass is 9.99. The van der Waals surface area contributed by atoms with Crippen LogP contribution in [0.15, 0.2) is 12.1 Å². The second-order valence-corrected chi connectivity index (χ2v) is 4.72. The van der Waals surface area contributed by atoms with Gasteiger partial charge in [-0.1, -0.05) is 6.92 Å². The molecule has 1 aromatic carbocycles. The Morgan fingerprint density at radius 3 is 2.47 bits per heavy atom. The van der Waals surface area contributed by atoms with E-state index < -0.39 is 23.2 Å². The highest BCUT2D eigenvalue weighted by Crippen LogP contribution is 2.22. The van der Waals surface area contributed by atoms with Gasteiger partial charge in [0.1, 0.15) is 5.82 Å². The Balaban J connectivity index is 3.14. The van der Waals surface area contributed by atoms with E-state index >= 15 is 0 Å². The molecule has 0 saturated heterocycles. The Morgan fingerprint density at radius 1 is 1.42 bits per heavy atom. The molecule has 5 N–H and O–H groups in total. The molecular weight excluding hydrogens is 249 g/mol. The Kier molecular flexibility index (Phi) is 4.26. The summed E-state index contributed by atoms with van der Waals surface area (Å²) in [6.45, 7) is 4.84. The van der Waals surface area contributed by atoms with Crippen LogP contribution in [0.5, 0.6) is 0 Å². The van der Waals surface area contributed by atoms with Crippen LogP contribution in [-0.2, 0) is 4.79 Å². The average Bonchev–Trinajstić information content (AvgIpc) is 2.34. The molecule has 1 atom stereocenters. The smallest absolute Gasteiger partial charge is 0.248 e. The summed E-state index contributed by atoms with van der Waals surface area (Å²) in [5, 5.41) is 2.53. The standard InChI is InChI=1S/C13H18FN3O2/c1-4-13(3,16)12(19)17-10-6-8(11(15)18)5-9(14)7(10)2/h5-6H,4,16H2,1-3H3,(H2,15,18)(H,17,19). The largest absolute Gasteiger partial charge is 0.366 e. The maximum atomic E-state index is 13.6. The van der Waals surface area contributed by atoms with E-state index in [1.165, 1.54) is 13.0 Å². The van der Waals surface area contributed by atoms with Crippen LogP contribution in [0.3, 0.4) is 0 Å². The molecule has 6 heteroatoms. The molecular formula is C13H18FN3O2. The molecule has 1 unspecified atom stereocenters. The summed E-state index contributed by atoms with van der Waals surface area (Å²) in [6.07, 6.45) is 0.426. The predicted octanol–water partition coefficient (Wildman–Crippen LogP) is 1.30. The SMILES string of the molecule is CCC(C)(N)C(=O)Nc1cc(C(N)=O)cc(F)c1C. The first-order chi connectivity index (χ1) is 8.69. The molecule has 0 radical (unpaired) electrons. The zero-order valence-electron chi connectivity index (χ0n) is 11.2. The zero-order valence-corrected chi connectivity index (χ0v) is 11.2. The van der Waals surface area contributed by atoms with Crippen molar-refractivity contribution in [1.29, 1.82) is 0 Å². The summed E-state index contributed by atoms with van der Waals surface area (Å²) in [5.41, 5.74) is 10.3. The number of carbonyl (C=O) groups excluding carboxylic acids is 2. The average molecular weight is 267 g/mol. The summed E-state index contributed by atoms with van der Waals surface area (Å²) < 4.78 is 13.6. The molecule has 0 bridgehead atoms. The van der Waals surface area contributed by atoms with Gasteiger partial charge in [0.15, 0.2) is 0 Å². The van der Waals surface area contributed by atoms with Crippen molar-refractivity contribution < 1.29 is 14.0 Å². The van der Waals surface area contributed by atoms with Crippen LogP contribution in [0.1, 0.15) is 36.2 Å². The number of benzene rings is 1. The lowest BCUT2D eigenvalue weighted by Gasteiger charge is -2.22. The number of carbonyl (C=O) groups is 2. The molecule has 2 amide bonds. The number of nitrogens with two attached hydrogens (primary N) is 2. The number of nitrogens with one attached hydrogen (secondary N) is 1. The van der Waals surface area contributed by atoms with Crippen molar-refractivity contribution in [3.63, 3.8) is 0 Å². The molecule has 5 nitrogen and oxygen atoms in total. The minimum atomic E-state index is -1.06. The molecule has 1 aromatic rings. The molecule has 0 heterocycles. The van der Waals surface area contributed by atoms with Crippen LogP contribution in [0, 0.1) is 12.7 Å². The van der Waals surface area contributed by atoms with Gasteiger partial charge in [0, 0.05) is 16.8 Å². The summed E-state index contributed by atoms with van der Waals surface area (Å²) in [4.78, 5) is 23.0. The van der Waals surface area contributed by atoms with E-state index in [9.17, 15) is 14.0 Å². The summed E-state index contributed by atoms with van der Waals surface area (Å²) in [7, 11) is 0. The highest BCUT2D eigenvalue weighted by Gasteiger charge is 2.26. The molecule has 104 valence electrons. The minimum absolute atomic E-state index is 0.00590. The molecule has 0 aliphatic rings. The predicted molar refractivity (Wildman–Crippen MR) is 71.2 cm³/mol. The van der Waals surface area contributed by atoms with Gasteiger partial charge in [-0.3, -0.25) is 9.59 Å². The molecule has 0 aromatic heterocycles. The Hall–Kier alpha value is -1.95. The van der Waals surface area contributed by atoms with E-state index in [0.29, 0.717) is 6.42 Å². The number of hydrogen-bond donors (Lipinski definition) is 3. The normalized spacial score (nSPS) is 13.7. The third-order valence-electron chi connectivity index (χ3n) is 3.13. The van der Waals surface area contributed by atoms with Crippen molar-refractivity contribution in [2.75, 3.05) is 5.32 Å². The molecule has 0 spiro atoms. The fourth-order valence-electron chi connectivity index (χ4n) is 1.38. The number of rotatable bonds is 4. The highest BCUT2D eigenvalue weighted by atomic mass is 19.1. The van der Waals surface area contributed by atoms with Gasteiger partial charge in [-0.2, -0.15) is 0 Å². The van der Waals surface area contributed by atoms with Crippen LogP contribution in [0.25, 0.3) is 0 Å². The summed E-state index contributed by atoms with van der Waals surface area (Å²) in [5.74, 6) is -1.82. The third kappa shape index (κ3) is 3.29. The molecule has 0 fully saturated rings. The van der Waals surface area contributed by atoms with Crippen molar-refractivity contribution in [3.05, 3.63) is 29.1 Å². The Labute approximate surface area is 111 Å². The minimum Gasteiger partial charge on any atom is -0.366 e. The summed E-state index contributed by atoms with van der Waals surface area (Å²) >= 11 is 0. The van der Waals surface area contributed by atoms with Gasteiger partial charge in [-0.25, -0.2) is 4.39 Å². The van der Waals surface area contributed by atoms with E-state index in [-0.39, 0.29) is 16.8 Å². The third-order valence-corrected chi connectivity index (χ3v) is 3.13. The lowest BCUT2D eigenvalue weighted by molar-refractivity contribution is -0.120. The maximum absolute atomic E-state index is 13.6. The van der Waals surface area contributed by atoms with Gasteiger partial charge < -0.3 is 16.8 Å². The quantitative estimate of drug-likeness (QED) is 0.766. The van der Waals surface area contributed by atoms with E-state index in [1.54, 1.807) is 13.8 Å². The molecule has 0 saturated carbocycles. The maximum Gasteiger partial charge on any atom is 0.248 e. The van der Waals surface area contributed by atoms with Crippen LogP contribution in [0.2, 0.25) is 0 Å². The topological polar surface area (TPSA) is 98.2 Å². The molecule has 0 aliphatic heterocycles. The highest BCUT2D eigenvalue weighted by molar-refractivity contribution is 6.00. The van der Waals surface area contributed by atoms with E-state index in [0.717, 1.165) is 6.07 Å². The fraction of sp³-hybridized carbons (Fsp3) is 0.385. The number of halogens is 1. The van der Waals surface area contributed by atoms with E-state index in [4.69, 9.17) is 11.5 Å². The number of anilines is 1. The van der Waals surface area contributed by atoms with Crippen LogP contribution >= 0.6 is 0 Å². The van der Waals surface area contributed by atoms with Crippen molar-refractivity contribution in [2.45, 2.75) is 32.7 Å². The number of amides is 2. The first-order valence-corrected chi connectivity index (χ1v) is 5.89. The molecule has 0 aliphatic carbocycles. The number of primary amides is 1. The van der Waals surface area contributed by atoms with Gasteiger partial charge in [-0.05, 0) is 32.4 Å². The van der Waals surface area contributed by atoms with Gasteiger partial charge in [0.05, 0.1) is 5.54 Å². The van der Waals surface area contributed by atoms with Crippen molar-refractivity contribution in [3.8, 4) is 0 Å². The van der Waals surface area contributed by atoms with Gasteiger partial charge in [0.2, 0.25) is 11.8 Å². The lowest BCUT2D eigenvalue weighted by Crippen LogP contribution is -2.47. The van der Waals surface area contributed by atoms with Crippen LogP contribution in [0.4, 0.5) is 10.1 Å². The van der Waals surface area contributed by atoms with E-state index in [1.807, 2.05) is 0 Å². The second kappa shape index (κ2) is 5.36. The fourth-order valence-corrected chi connectivity index (χ4v) is 1.38. The van der Waals surface area contributed by atoms with Gasteiger partial charge in [0.25, 0.3) is 0 Å². The monoisotopic (exact) mass is 267 g/mol. The van der Waals surface area contributed by atoms with E-state index in [2.05, 4.69) is 5.32 Å². The Bertz CT molecular complexity index is 527. The first kappa shape index (κ1) is 15.1. The van der Waals surface area contributed by atoms with Crippen molar-refractivity contribution in [2.24, 2.45) is 11.5 Å². The summed E-state index contributed by atoms with van der Waals surface area (Å²) in [6, 6.07) is 2.37. The molecule has 1 rings (SSSR count). The van der Waals surface area contributed by atoms with Gasteiger partial charge in [-0.15, -0.1) is 0 Å². The second-order valence-electron chi connectivity index (χ2n) is 4.72.